The van der Waals surface area contributed by atoms with Crippen LogP contribution in [-0.2, 0) is 0 Å². The zero-order valence-corrected chi connectivity index (χ0v) is 9.55. The molecule has 2 aromatic carbocycles. The van der Waals surface area contributed by atoms with E-state index in [1.54, 1.807) is 0 Å². The molecule has 3 N–H and O–H groups in total. The summed E-state index contributed by atoms with van der Waals surface area (Å²) in [6, 6.07) is 5.67. The average Bonchev–Trinajstić information content (AvgIpc) is 2.72. The number of aromatic nitrogens is 2. The van der Waals surface area contributed by atoms with Crippen LogP contribution in [0, 0.1) is 17.5 Å². The zero-order chi connectivity index (χ0) is 13.6. The Morgan fingerprint density at radius 1 is 1.00 bits per heavy atom. The third-order valence-electron chi connectivity index (χ3n) is 2.77. The van der Waals surface area contributed by atoms with Crippen molar-refractivity contribution < 1.29 is 13.2 Å². The Hall–Kier alpha value is -2.50. The second kappa shape index (κ2) is 4.01. The lowest BCUT2D eigenvalue weighted by Crippen LogP contribution is -1.92. The molecule has 0 spiro atoms. The Bertz CT molecular complexity index is 780. The third-order valence-corrected chi connectivity index (χ3v) is 2.77. The second-order valence-electron chi connectivity index (χ2n) is 4.10. The lowest BCUT2D eigenvalue weighted by atomic mass is 10.1. The molecule has 96 valence electrons. The maximum Gasteiger partial charge on any atom is 0.153 e. The smallest absolute Gasteiger partial charge is 0.153 e. The van der Waals surface area contributed by atoms with Gasteiger partial charge in [-0.3, -0.25) is 0 Å². The van der Waals surface area contributed by atoms with Gasteiger partial charge in [-0.15, -0.1) is 0 Å². The second-order valence-corrected chi connectivity index (χ2v) is 4.10. The van der Waals surface area contributed by atoms with Crippen LogP contribution < -0.4 is 5.73 Å². The van der Waals surface area contributed by atoms with Crippen LogP contribution in [-0.4, -0.2) is 9.97 Å². The molecule has 0 aliphatic carbocycles. The van der Waals surface area contributed by atoms with E-state index in [4.69, 9.17) is 5.73 Å². The molecule has 0 aliphatic rings. The number of imidazole rings is 1. The molecule has 0 fully saturated rings. The summed E-state index contributed by atoms with van der Waals surface area (Å²) in [6.07, 6.45) is 0. The number of aromatic amines is 1. The van der Waals surface area contributed by atoms with E-state index in [2.05, 4.69) is 9.97 Å². The lowest BCUT2D eigenvalue weighted by molar-refractivity contribution is 0.590. The molecular weight excluding hydrogens is 255 g/mol. The topological polar surface area (TPSA) is 54.7 Å². The van der Waals surface area contributed by atoms with Crippen molar-refractivity contribution in [2.75, 3.05) is 5.73 Å². The largest absolute Gasteiger partial charge is 0.398 e. The number of nitrogens with one attached hydrogen (secondary N) is 1. The predicted octanol–water partition coefficient (Wildman–Crippen LogP) is 3.23. The van der Waals surface area contributed by atoms with E-state index in [0.29, 0.717) is 5.56 Å². The molecule has 3 nitrogen and oxygen atoms in total. The summed E-state index contributed by atoms with van der Waals surface area (Å²) in [4.78, 5) is 6.77. The van der Waals surface area contributed by atoms with Gasteiger partial charge >= 0.3 is 0 Å². The van der Waals surface area contributed by atoms with Gasteiger partial charge in [0.15, 0.2) is 5.82 Å². The molecule has 0 unspecified atom stereocenters. The van der Waals surface area contributed by atoms with Gasteiger partial charge in [-0.2, -0.15) is 0 Å². The van der Waals surface area contributed by atoms with Gasteiger partial charge in [0.05, 0.1) is 5.52 Å². The highest BCUT2D eigenvalue weighted by atomic mass is 19.1. The predicted molar refractivity (Wildman–Crippen MR) is 65.8 cm³/mol. The number of hydrogen-bond donors (Lipinski definition) is 2. The van der Waals surface area contributed by atoms with Gasteiger partial charge in [0.1, 0.15) is 23.0 Å². The first kappa shape index (κ1) is 11.6. The van der Waals surface area contributed by atoms with E-state index in [1.165, 1.54) is 12.1 Å². The van der Waals surface area contributed by atoms with Crippen molar-refractivity contribution >= 4 is 16.7 Å². The van der Waals surface area contributed by atoms with Crippen molar-refractivity contribution in [3.05, 3.63) is 47.8 Å². The van der Waals surface area contributed by atoms with Crippen molar-refractivity contribution in [3.63, 3.8) is 0 Å². The van der Waals surface area contributed by atoms with E-state index in [1.807, 2.05) is 0 Å². The van der Waals surface area contributed by atoms with Gasteiger partial charge in [0, 0.05) is 17.3 Å². The number of nitrogen functional groups attached to an aromatic ring is 1. The molecule has 0 amide bonds. The van der Waals surface area contributed by atoms with Crippen LogP contribution in [0.5, 0.6) is 0 Å². The van der Waals surface area contributed by atoms with Crippen molar-refractivity contribution in [1.29, 1.82) is 0 Å². The summed E-state index contributed by atoms with van der Waals surface area (Å²) in [5.74, 6) is -1.68. The number of hydrogen-bond acceptors (Lipinski definition) is 2. The fourth-order valence-electron chi connectivity index (χ4n) is 1.92. The fourth-order valence-corrected chi connectivity index (χ4v) is 1.92. The van der Waals surface area contributed by atoms with Gasteiger partial charge in [-0.25, -0.2) is 18.2 Å². The van der Waals surface area contributed by atoms with Gasteiger partial charge < -0.3 is 10.7 Å². The van der Waals surface area contributed by atoms with E-state index >= 15 is 0 Å². The van der Waals surface area contributed by atoms with Crippen LogP contribution in [0.4, 0.5) is 18.9 Å². The third kappa shape index (κ3) is 1.91. The molecule has 0 bridgehead atoms. The van der Waals surface area contributed by atoms with Gasteiger partial charge in [0.25, 0.3) is 0 Å². The highest BCUT2D eigenvalue weighted by Crippen LogP contribution is 2.27. The van der Waals surface area contributed by atoms with Crippen LogP contribution in [0.1, 0.15) is 0 Å². The molecule has 0 atom stereocenters. The maximum atomic E-state index is 13.5. The molecule has 0 saturated heterocycles. The molecule has 1 heterocycles. The minimum absolute atomic E-state index is 0.0140. The van der Waals surface area contributed by atoms with Crippen molar-refractivity contribution in [3.8, 4) is 11.4 Å². The first-order chi connectivity index (χ1) is 9.04. The average molecular weight is 263 g/mol. The Labute approximate surface area is 105 Å². The highest BCUT2D eigenvalue weighted by molar-refractivity contribution is 5.82. The van der Waals surface area contributed by atoms with Gasteiger partial charge in [-0.1, -0.05) is 0 Å². The van der Waals surface area contributed by atoms with E-state index in [9.17, 15) is 13.2 Å². The van der Waals surface area contributed by atoms with E-state index in [0.717, 1.165) is 18.2 Å². The molecule has 0 aliphatic heterocycles. The number of nitrogens with zero attached hydrogens (tertiary/aromatic N) is 1. The Morgan fingerprint density at radius 2 is 1.79 bits per heavy atom. The SMILES string of the molecule is Nc1cc(F)ccc1-c1nc2c(F)cc(F)cc2[nH]1. The molecule has 3 aromatic rings. The van der Waals surface area contributed by atoms with Crippen LogP contribution in [0.3, 0.4) is 0 Å². The number of nitrogens with two attached hydrogens (primary N) is 1. The summed E-state index contributed by atoms with van der Waals surface area (Å²) < 4.78 is 39.6. The lowest BCUT2D eigenvalue weighted by Gasteiger charge is -2.01. The standard InChI is InChI=1S/C13H8F3N3/c14-6-1-2-8(10(17)4-6)13-18-11-5-7(15)3-9(16)12(11)19-13/h1-5H,17H2,(H,18,19). The van der Waals surface area contributed by atoms with Crippen molar-refractivity contribution in [1.82, 2.24) is 9.97 Å². The molecule has 3 rings (SSSR count). The monoisotopic (exact) mass is 263 g/mol. The number of H-pyrrole nitrogens is 1. The summed E-state index contributed by atoms with van der Waals surface area (Å²) in [5.41, 5.74) is 6.50. The van der Waals surface area contributed by atoms with E-state index < -0.39 is 17.5 Å². The first-order valence-corrected chi connectivity index (χ1v) is 5.45. The molecule has 1 aromatic heterocycles. The summed E-state index contributed by atoms with van der Waals surface area (Å²) in [7, 11) is 0. The van der Waals surface area contributed by atoms with Gasteiger partial charge in [0.2, 0.25) is 0 Å². The Morgan fingerprint density at radius 3 is 2.53 bits per heavy atom. The number of anilines is 1. The minimum Gasteiger partial charge on any atom is -0.398 e. The number of fused-ring (bicyclic) bond motifs is 1. The van der Waals surface area contributed by atoms with Gasteiger partial charge in [-0.05, 0) is 24.3 Å². The van der Waals surface area contributed by atoms with Crippen molar-refractivity contribution in [2.45, 2.75) is 0 Å². The molecule has 6 heteroatoms. The number of halogens is 3. The first-order valence-electron chi connectivity index (χ1n) is 5.45. The quantitative estimate of drug-likeness (QED) is 0.662. The van der Waals surface area contributed by atoms with Crippen molar-refractivity contribution in [2.24, 2.45) is 0 Å². The Balaban J connectivity index is 2.23. The fraction of sp³-hybridized carbons (Fsp3) is 0. The number of rotatable bonds is 1. The van der Waals surface area contributed by atoms with Crippen LogP contribution in [0.25, 0.3) is 22.4 Å². The molecular formula is C13H8F3N3. The van der Waals surface area contributed by atoms with Crippen LogP contribution in [0.15, 0.2) is 30.3 Å². The van der Waals surface area contributed by atoms with E-state index in [-0.39, 0.29) is 22.5 Å². The zero-order valence-electron chi connectivity index (χ0n) is 9.55. The van der Waals surface area contributed by atoms with Crippen LogP contribution in [0.2, 0.25) is 0 Å². The summed E-state index contributed by atoms with van der Waals surface area (Å²) in [6.45, 7) is 0. The number of benzene rings is 2. The maximum absolute atomic E-state index is 13.5. The Kier molecular flexibility index (Phi) is 2.45. The molecule has 19 heavy (non-hydrogen) atoms. The normalized spacial score (nSPS) is 11.1. The minimum atomic E-state index is -0.766. The summed E-state index contributed by atoms with van der Waals surface area (Å²) in [5, 5.41) is 0. The molecule has 0 saturated carbocycles. The highest BCUT2D eigenvalue weighted by Gasteiger charge is 2.13. The molecule has 0 radical (unpaired) electrons. The van der Waals surface area contributed by atoms with Crippen LogP contribution >= 0.6 is 0 Å². The summed E-state index contributed by atoms with van der Waals surface area (Å²) >= 11 is 0.